The monoisotopic (exact) mass is 519 g/mol. The van der Waals surface area contributed by atoms with Crippen molar-refractivity contribution < 1.29 is 4.79 Å². The lowest BCUT2D eigenvalue weighted by molar-refractivity contribution is -0.118. The Morgan fingerprint density at radius 1 is 1.06 bits per heavy atom. The van der Waals surface area contributed by atoms with Crippen LogP contribution in [-0.2, 0) is 4.79 Å². The lowest BCUT2D eigenvalue weighted by Crippen LogP contribution is -2.24. The molecule has 184 valence electrons. The van der Waals surface area contributed by atoms with E-state index in [4.69, 9.17) is 11.6 Å². The number of halogens is 1. The summed E-state index contributed by atoms with van der Waals surface area (Å²) in [5, 5.41) is 5.54. The molecule has 1 N–H and O–H groups in total. The van der Waals surface area contributed by atoms with Crippen LogP contribution in [0.25, 0.3) is 16.6 Å². The topological polar surface area (TPSA) is 79.6 Å². The number of anilines is 1. The summed E-state index contributed by atoms with van der Waals surface area (Å²) in [4.78, 5) is 32.6. The predicted molar refractivity (Wildman–Crippen MR) is 149 cm³/mol. The molecule has 0 aliphatic rings. The van der Waals surface area contributed by atoms with Gasteiger partial charge in [-0.2, -0.15) is 5.10 Å². The molecule has 7 nitrogen and oxygen atoms in total. The Bertz CT molecular complexity index is 1430. The highest BCUT2D eigenvalue weighted by atomic mass is 35.5. The van der Waals surface area contributed by atoms with Crippen LogP contribution in [0.2, 0.25) is 5.02 Å². The molecule has 0 radical (unpaired) electrons. The highest BCUT2D eigenvalue weighted by molar-refractivity contribution is 7.99. The Morgan fingerprint density at radius 3 is 2.44 bits per heavy atom. The summed E-state index contributed by atoms with van der Waals surface area (Å²) in [6.45, 7) is 6.12. The van der Waals surface area contributed by atoms with Gasteiger partial charge in [-0.15, -0.1) is 0 Å². The van der Waals surface area contributed by atoms with Crippen molar-refractivity contribution >= 4 is 52.1 Å². The Labute approximate surface area is 218 Å². The second kappa shape index (κ2) is 11.9. The fourth-order valence-electron chi connectivity index (χ4n) is 3.73. The van der Waals surface area contributed by atoms with Crippen molar-refractivity contribution in [2.45, 2.75) is 19.0 Å². The smallest absolute Gasteiger partial charge is 0.266 e. The van der Waals surface area contributed by atoms with Gasteiger partial charge in [0.2, 0.25) is 0 Å². The van der Waals surface area contributed by atoms with Gasteiger partial charge in [0.1, 0.15) is 0 Å². The third-order valence-electron chi connectivity index (χ3n) is 5.59. The fraction of sp³-hybridized carbons (Fsp3) is 0.185. The van der Waals surface area contributed by atoms with Gasteiger partial charge in [-0.25, -0.2) is 10.4 Å². The van der Waals surface area contributed by atoms with Crippen LogP contribution in [0.1, 0.15) is 19.4 Å². The third-order valence-corrected chi connectivity index (χ3v) is 6.78. The zero-order valence-electron chi connectivity index (χ0n) is 20.0. The molecule has 1 aromatic heterocycles. The zero-order chi connectivity index (χ0) is 25.5. The zero-order valence-corrected chi connectivity index (χ0v) is 21.6. The van der Waals surface area contributed by atoms with E-state index in [1.807, 2.05) is 30.3 Å². The number of carbonyl (C=O) groups excluding carboxylic acids is 1. The average molecular weight is 520 g/mol. The molecule has 0 fully saturated rings. The Morgan fingerprint density at radius 2 is 1.75 bits per heavy atom. The number of aromatic nitrogens is 2. The van der Waals surface area contributed by atoms with E-state index < -0.39 is 0 Å². The van der Waals surface area contributed by atoms with Gasteiger partial charge >= 0.3 is 0 Å². The van der Waals surface area contributed by atoms with E-state index in [1.54, 1.807) is 48.7 Å². The number of hydrogen-bond acceptors (Lipinski definition) is 6. The molecule has 36 heavy (non-hydrogen) atoms. The molecule has 9 heteroatoms. The molecule has 0 saturated carbocycles. The summed E-state index contributed by atoms with van der Waals surface area (Å²) in [6, 6.07) is 22.1. The van der Waals surface area contributed by atoms with E-state index in [9.17, 15) is 9.59 Å². The van der Waals surface area contributed by atoms with E-state index in [-0.39, 0.29) is 17.2 Å². The van der Waals surface area contributed by atoms with E-state index in [2.05, 4.69) is 34.3 Å². The van der Waals surface area contributed by atoms with Crippen LogP contribution >= 0.6 is 23.4 Å². The van der Waals surface area contributed by atoms with Crippen LogP contribution in [0.4, 0.5) is 5.69 Å². The van der Waals surface area contributed by atoms with Crippen molar-refractivity contribution in [1.29, 1.82) is 0 Å². The summed E-state index contributed by atoms with van der Waals surface area (Å²) in [7, 11) is 0. The van der Waals surface area contributed by atoms with Gasteiger partial charge in [0.25, 0.3) is 11.5 Å². The molecule has 0 unspecified atom stereocenters. The van der Waals surface area contributed by atoms with Crippen LogP contribution in [0.15, 0.2) is 87.8 Å². The van der Waals surface area contributed by atoms with Crippen molar-refractivity contribution in [3.63, 3.8) is 0 Å². The minimum atomic E-state index is -0.305. The van der Waals surface area contributed by atoms with Crippen LogP contribution in [-0.4, -0.2) is 40.5 Å². The second-order valence-electron chi connectivity index (χ2n) is 7.87. The Hall–Kier alpha value is -3.62. The fourth-order valence-corrected chi connectivity index (χ4v) is 4.66. The summed E-state index contributed by atoms with van der Waals surface area (Å²) in [5.74, 6) is -0.266. The number of nitrogens with zero attached hydrogens (tertiary/aromatic N) is 4. The van der Waals surface area contributed by atoms with Crippen molar-refractivity contribution in [2.24, 2.45) is 5.10 Å². The van der Waals surface area contributed by atoms with Crippen LogP contribution < -0.4 is 15.9 Å². The van der Waals surface area contributed by atoms with E-state index in [1.165, 1.54) is 16.3 Å². The maximum Gasteiger partial charge on any atom is 0.266 e. The molecule has 4 aromatic rings. The van der Waals surface area contributed by atoms with Crippen LogP contribution in [0.5, 0.6) is 0 Å². The van der Waals surface area contributed by atoms with Gasteiger partial charge in [0.05, 0.1) is 28.6 Å². The number of benzene rings is 3. The van der Waals surface area contributed by atoms with Crippen molar-refractivity contribution in [2.75, 3.05) is 23.7 Å². The van der Waals surface area contributed by atoms with Gasteiger partial charge in [0, 0.05) is 23.8 Å². The number of thioether (sulfide) groups is 1. The summed E-state index contributed by atoms with van der Waals surface area (Å²) in [6.07, 6.45) is 1.60. The maximum atomic E-state index is 13.3. The second-order valence-corrected chi connectivity index (χ2v) is 9.25. The molecule has 0 saturated heterocycles. The molecular weight excluding hydrogens is 494 g/mol. The molecule has 0 aliphatic carbocycles. The van der Waals surface area contributed by atoms with Crippen LogP contribution in [0, 0.1) is 0 Å². The predicted octanol–water partition coefficient (Wildman–Crippen LogP) is 5.13. The number of carbonyl (C=O) groups is 1. The number of fused-ring (bicyclic) bond motifs is 1. The van der Waals surface area contributed by atoms with Gasteiger partial charge in [-0.05, 0) is 67.9 Å². The van der Waals surface area contributed by atoms with Crippen molar-refractivity contribution in [1.82, 2.24) is 15.0 Å². The molecular formula is C27H26ClN5O2S. The molecule has 3 aromatic carbocycles. The number of para-hydroxylation sites is 1. The highest BCUT2D eigenvalue weighted by Gasteiger charge is 2.14. The van der Waals surface area contributed by atoms with Crippen molar-refractivity contribution in [3.05, 3.63) is 93.7 Å². The Kier molecular flexibility index (Phi) is 8.40. The standard InChI is InChI=1S/C27H26ClN5O2S/c1-3-32(4-2)21-13-9-19(10-14-21)17-29-31-25(34)18-36-27-30-24-8-6-5-7-23(24)26(35)33(27)22-15-11-20(28)12-16-22/h5-17H,3-4,18H2,1-2H3,(H,31,34)/b29-17-. The molecule has 4 rings (SSSR count). The highest BCUT2D eigenvalue weighted by Crippen LogP contribution is 2.22. The first-order valence-corrected chi connectivity index (χ1v) is 12.9. The minimum absolute atomic E-state index is 0.0383. The number of rotatable bonds is 9. The summed E-state index contributed by atoms with van der Waals surface area (Å²) < 4.78 is 1.50. The first-order chi connectivity index (χ1) is 17.5. The maximum absolute atomic E-state index is 13.3. The van der Waals surface area contributed by atoms with E-state index in [0.717, 1.165) is 24.3 Å². The largest absolute Gasteiger partial charge is 0.372 e. The molecule has 0 bridgehead atoms. The quantitative estimate of drug-likeness (QED) is 0.143. The molecule has 0 atom stereocenters. The lowest BCUT2D eigenvalue weighted by Gasteiger charge is -2.20. The van der Waals surface area contributed by atoms with Gasteiger partial charge in [-0.3, -0.25) is 14.2 Å². The lowest BCUT2D eigenvalue weighted by atomic mass is 10.2. The normalized spacial score (nSPS) is 11.2. The van der Waals surface area contributed by atoms with Crippen LogP contribution in [0.3, 0.4) is 0 Å². The molecule has 0 spiro atoms. The minimum Gasteiger partial charge on any atom is -0.372 e. The molecule has 1 amide bonds. The first-order valence-electron chi connectivity index (χ1n) is 11.6. The van der Waals surface area contributed by atoms with Gasteiger partial charge in [0.15, 0.2) is 5.16 Å². The number of hydrazone groups is 1. The first kappa shape index (κ1) is 25.5. The third kappa shape index (κ3) is 5.95. The SMILES string of the molecule is CCN(CC)c1ccc(/C=N\NC(=O)CSc2nc3ccccc3c(=O)n2-c2ccc(Cl)cc2)cc1. The number of amides is 1. The van der Waals surface area contributed by atoms with Crippen molar-refractivity contribution in [3.8, 4) is 5.69 Å². The Balaban J connectivity index is 1.47. The number of nitrogens with one attached hydrogen (secondary N) is 1. The van der Waals surface area contributed by atoms with E-state index in [0.29, 0.717) is 26.8 Å². The molecule has 1 heterocycles. The number of hydrogen-bond donors (Lipinski definition) is 1. The molecule has 0 aliphatic heterocycles. The summed E-state index contributed by atoms with van der Waals surface area (Å²) >= 11 is 7.19. The van der Waals surface area contributed by atoms with Gasteiger partial charge in [-0.1, -0.05) is 47.6 Å². The van der Waals surface area contributed by atoms with Gasteiger partial charge < -0.3 is 4.90 Å². The summed E-state index contributed by atoms with van der Waals surface area (Å²) in [5.41, 5.74) is 5.55. The average Bonchev–Trinajstić information content (AvgIpc) is 2.90. The van der Waals surface area contributed by atoms with E-state index >= 15 is 0 Å².